The lowest BCUT2D eigenvalue weighted by Crippen LogP contribution is -2.48. The number of carbonyl (C=O) groups is 2. The first kappa shape index (κ1) is 21.4. The van der Waals surface area contributed by atoms with E-state index in [1.807, 2.05) is 0 Å². The Labute approximate surface area is 170 Å². The van der Waals surface area contributed by atoms with Crippen LogP contribution in [0.5, 0.6) is 0 Å². The zero-order chi connectivity index (χ0) is 21.7. The van der Waals surface area contributed by atoms with Crippen LogP contribution >= 0.6 is 0 Å². The summed E-state index contributed by atoms with van der Waals surface area (Å²) in [4.78, 5) is 26.0. The molecule has 7 nitrogen and oxygen atoms in total. The lowest BCUT2D eigenvalue weighted by Gasteiger charge is -2.29. The smallest absolute Gasteiger partial charge is 0.406 e. The van der Waals surface area contributed by atoms with Crippen molar-refractivity contribution in [3.8, 4) is 0 Å². The van der Waals surface area contributed by atoms with Gasteiger partial charge in [-0.15, -0.1) is 0 Å². The number of alkyl halides is 3. The predicted octanol–water partition coefficient (Wildman–Crippen LogP) is 3.37. The Bertz CT molecular complexity index is 898. The Morgan fingerprint density at radius 2 is 1.97 bits per heavy atom. The van der Waals surface area contributed by atoms with Crippen LogP contribution in [0.2, 0.25) is 0 Å². The molecule has 1 aromatic carbocycles. The Morgan fingerprint density at radius 1 is 1.23 bits per heavy atom. The topological polar surface area (TPSA) is 75.3 Å². The van der Waals surface area contributed by atoms with Gasteiger partial charge in [-0.05, 0) is 31.2 Å². The van der Waals surface area contributed by atoms with Crippen molar-refractivity contribution in [3.05, 3.63) is 54.5 Å². The molecule has 2 aromatic rings. The summed E-state index contributed by atoms with van der Waals surface area (Å²) in [6.07, 6.45) is -3.46. The van der Waals surface area contributed by atoms with Crippen molar-refractivity contribution in [1.29, 1.82) is 0 Å². The van der Waals surface area contributed by atoms with E-state index in [9.17, 15) is 22.8 Å². The first-order chi connectivity index (χ1) is 14.3. The van der Waals surface area contributed by atoms with Gasteiger partial charge in [0.05, 0.1) is 25.1 Å². The molecule has 0 fully saturated rings. The number of hydrazone groups is 1. The SMILES string of the molecule is CCOC(=O)C1=NN(c2ccccc2)C(C(=O)N(Cc2ccco2)CC(F)(F)F)C1. The molecule has 0 saturated carbocycles. The first-order valence-electron chi connectivity index (χ1n) is 9.25. The standard InChI is InChI=1S/C20H20F3N3O4/c1-2-29-19(28)16-11-17(26(24-16)14-7-4-3-5-8-14)18(27)25(13-20(21,22)23)12-15-9-6-10-30-15/h3-10,17H,2,11-13H2,1H3. The number of para-hydroxylation sites is 1. The maximum Gasteiger partial charge on any atom is 0.406 e. The molecule has 3 rings (SSSR count). The van der Waals surface area contributed by atoms with Gasteiger partial charge in [-0.2, -0.15) is 18.3 Å². The minimum absolute atomic E-state index is 0.0241. The second-order valence-electron chi connectivity index (χ2n) is 6.56. The number of ether oxygens (including phenoxy) is 1. The van der Waals surface area contributed by atoms with E-state index in [2.05, 4.69) is 5.10 Å². The van der Waals surface area contributed by atoms with Crippen molar-refractivity contribution in [2.75, 3.05) is 18.2 Å². The second kappa shape index (κ2) is 9.02. The van der Waals surface area contributed by atoms with E-state index in [1.165, 1.54) is 23.4 Å². The summed E-state index contributed by atoms with van der Waals surface area (Å²) in [5, 5.41) is 5.44. The fourth-order valence-electron chi connectivity index (χ4n) is 3.09. The van der Waals surface area contributed by atoms with Crippen molar-refractivity contribution in [3.63, 3.8) is 0 Å². The molecule has 1 aliphatic rings. The highest BCUT2D eigenvalue weighted by Gasteiger charge is 2.42. The van der Waals surface area contributed by atoms with Gasteiger partial charge in [0.25, 0.3) is 0 Å². The molecule has 10 heteroatoms. The van der Waals surface area contributed by atoms with Crippen LogP contribution in [0.1, 0.15) is 19.1 Å². The number of amides is 1. The predicted molar refractivity (Wildman–Crippen MR) is 102 cm³/mol. The summed E-state index contributed by atoms with van der Waals surface area (Å²) in [6.45, 7) is -0.0838. The third kappa shape index (κ3) is 5.19. The number of rotatable bonds is 7. The first-order valence-corrected chi connectivity index (χ1v) is 9.25. The quantitative estimate of drug-likeness (QED) is 0.639. The summed E-state index contributed by atoms with van der Waals surface area (Å²) in [5.41, 5.74) is 0.448. The van der Waals surface area contributed by atoms with Crippen molar-refractivity contribution in [2.45, 2.75) is 32.1 Å². The summed E-state index contributed by atoms with van der Waals surface area (Å²) < 4.78 is 49.6. The Morgan fingerprint density at radius 3 is 2.57 bits per heavy atom. The number of benzene rings is 1. The number of nitrogens with zero attached hydrogens (tertiary/aromatic N) is 3. The van der Waals surface area contributed by atoms with E-state index < -0.39 is 30.6 Å². The summed E-state index contributed by atoms with van der Waals surface area (Å²) in [5.74, 6) is -1.32. The largest absolute Gasteiger partial charge is 0.467 e. The van der Waals surface area contributed by atoms with Gasteiger partial charge in [-0.25, -0.2) is 4.79 Å². The van der Waals surface area contributed by atoms with Crippen molar-refractivity contribution in [1.82, 2.24) is 4.90 Å². The fourth-order valence-corrected chi connectivity index (χ4v) is 3.09. The van der Waals surface area contributed by atoms with Crippen molar-refractivity contribution >= 4 is 23.3 Å². The monoisotopic (exact) mass is 423 g/mol. The van der Waals surface area contributed by atoms with Gasteiger partial charge < -0.3 is 14.1 Å². The molecule has 0 radical (unpaired) electrons. The number of esters is 1. The summed E-state index contributed by atoms with van der Waals surface area (Å²) >= 11 is 0. The van der Waals surface area contributed by atoms with Gasteiger partial charge in [0, 0.05) is 6.42 Å². The third-order valence-corrected chi connectivity index (χ3v) is 4.34. The van der Waals surface area contributed by atoms with E-state index in [0.29, 0.717) is 10.6 Å². The molecule has 1 atom stereocenters. The van der Waals surface area contributed by atoms with E-state index >= 15 is 0 Å². The fraction of sp³-hybridized carbons (Fsp3) is 0.350. The average molecular weight is 423 g/mol. The van der Waals surface area contributed by atoms with Crippen LogP contribution in [-0.4, -0.2) is 47.9 Å². The van der Waals surface area contributed by atoms with Crippen molar-refractivity contribution in [2.24, 2.45) is 5.10 Å². The van der Waals surface area contributed by atoms with Crippen molar-refractivity contribution < 1.29 is 31.9 Å². The molecule has 0 aliphatic carbocycles. The molecule has 0 bridgehead atoms. The van der Waals surface area contributed by atoms with Gasteiger partial charge in [0.15, 0.2) is 0 Å². The molecular formula is C20H20F3N3O4. The molecule has 0 saturated heterocycles. The summed E-state index contributed by atoms with van der Waals surface area (Å²) in [6, 6.07) is 10.3. The number of carbonyl (C=O) groups excluding carboxylic acids is 2. The normalized spacial score (nSPS) is 16.3. The summed E-state index contributed by atoms with van der Waals surface area (Å²) in [7, 11) is 0. The number of hydrogen-bond donors (Lipinski definition) is 0. The van der Waals surface area contributed by atoms with Crippen LogP contribution in [0, 0.1) is 0 Å². The number of hydrogen-bond acceptors (Lipinski definition) is 6. The van der Waals surface area contributed by atoms with Gasteiger partial charge in [-0.1, -0.05) is 18.2 Å². The molecule has 1 unspecified atom stereocenters. The lowest BCUT2D eigenvalue weighted by atomic mass is 10.1. The highest BCUT2D eigenvalue weighted by molar-refractivity contribution is 6.38. The number of halogens is 3. The molecule has 2 heterocycles. The van der Waals surface area contributed by atoms with Crippen LogP contribution in [0.4, 0.5) is 18.9 Å². The zero-order valence-electron chi connectivity index (χ0n) is 16.1. The molecular weight excluding hydrogens is 403 g/mol. The maximum atomic E-state index is 13.2. The Kier molecular flexibility index (Phi) is 6.43. The molecule has 1 aromatic heterocycles. The minimum Gasteiger partial charge on any atom is -0.467 e. The van der Waals surface area contributed by atoms with E-state index in [-0.39, 0.29) is 31.0 Å². The zero-order valence-corrected chi connectivity index (χ0v) is 16.1. The third-order valence-electron chi connectivity index (χ3n) is 4.34. The van der Waals surface area contributed by atoms with Crippen LogP contribution in [0.25, 0.3) is 0 Å². The Hall–Kier alpha value is -3.30. The highest BCUT2D eigenvalue weighted by Crippen LogP contribution is 2.28. The average Bonchev–Trinajstić information content (AvgIpc) is 3.37. The number of furan rings is 1. The van der Waals surface area contributed by atoms with Crippen LogP contribution in [0.15, 0.2) is 58.2 Å². The lowest BCUT2D eigenvalue weighted by molar-refractivity contribution is -0.163. The van der Waals surface area contributed by atoms with Gasteiger partial charge >= 0.3 is 12.1 Å². The molecule has 0 N–H and O–H groups in total. The molecule has 0 spiro atoms. The Balaban J connectivity index is 1.90. The number of anilines is 1. The van der Waals surface area contributed by atoms with Gasteiger partial charge in [0.2, 0.25) is 5.91 Å². The molecule has 1 amide bonds. The maximum absolute atomic E-state index is 13.2. The molecule has 160 valence electrons. The van der Waals surface area contributed by atoms with Gasteiger partial charge in [-0.3, -0.25) is 9.80 Å². The highest BCUT2D eigenvalue weighted by atomic mass is 19.4. The van der Waals surface area contributed by atoms with E-state index in [0.717, 1.165) is 0 Å². The van der Waals surface area contributed by atoms with E-state index in [4.69, 9.17) is 9.15 Å². The van der Waals surface area contributed by atoms with E-state index in [1.54, 1.807) is 37.3 Å². The van der Waals surface area contributed by atoms with Crippen LogP contribution in [-0.2, 0) is 20.9 Å². The van der Waals surface area contributed by atoms with Crippen LogP contribution < -0.4 is 5.01 Å². The van der Waals surface area contributed by atoms with Gasteiger partial charge in [0.1, 0.15) is 24.1 Å². The second-order valence-corrected chi connectivity index (χ2v) is 6.56. The molecule has 1 aliphatic heterocycles. The molecule has 30 heavy (non-hydrogen) atoms. The minimum atomic E-state index is -4.61. The van der Waals surface area contributed by atoms with Crippen LogP contribution in [0.3, 0.4) is 0 Å².